The van der Waals surface area contributed by atoms with Gasteiger partial charge in [0.05, 0.1) is 15.7 Å². The fourth-order valence-corrected chi connectivity index (χ4v) is 3.98. The number of thiazole rings is 1. The molecule has 0 fully saturated rings. The highest BCUT2D eigenvalue weighted by molar-refractivity contribution is 8.01. The van der Waals surface area contributed by atoms with E-state index >= 15 is 0 Å². The molecule has 0 saturated heterocycles. The topological polar surface area (TPSA) is 111 Å². The number of aromatic nitrogens is 1. The molecule has 2 aromatic rings. The zero-order chi connectivity index (χ0) is 19.8. The lowest BCUT2D eigenvalue weighted by Gasteiger charge is -2.07. The number of anilines is 1. The summed E-state index contributed by atoms with van der Waals surface area (Å²) in [5.41, 5.74) is 6.92. The van der Waals surface area contributed by atoms with E-state index in [1.165, 1.54) is 23.1 Å². The van der Waals surface area contributed by atoms with Gasteiger partial charge in [0, 0.05) is 6.42 Å². The van der Waals surface area contributed by atoms with E-state index in [1.54, 1.807) is 26.0 Å². The number of nitrogens with one attached hydrogen (secondary N) is 1. The molecule has 1 aromatic carbocycles. The number of aryl methyl sites for hydroxylation is 2. The number of amides is 2. The highest BCUT2D eigenvalue weighted by atomic mass is 32.2. The van der Waals surface area contributed by atoms with E-state index in [0.29, 0.717) is 23.7 Å². The van der Waals surface area contributed by atoms with Crippen molar-refractivity contribution in [2.45, 2.75) is 30.9 Å². The third kappa shape index (κ3) is 7.40. The molecule has 2 amide bonds. The number of ketones is 1. The molecule has 0 unspecified atom stereocenters. The Bertz CT molecular complexity index is 819. The van der Waals surface area contributed by atoms with Crippen molar-refractivity contribution >= 4 is 45.8 Å². The number of nitrogens with zero attached hydrogens (tertiary/aromatic N) is 1. The molecule has 2 rings (SSSR count). The second-order valence-electron chi connectivity index (χ2n) is 5.83. The molecule has 1 heterocycles. The van der Waals surface area contributed by atoms with Crippen molar-refractivity contribution in [1.29, 1.82) is 0 Å². The van der Waals surface area contributed by atoms with Crippen LogP contribution in [0.3, 0.4) is 0 Å². The summed E-state index contributed by atoms with van der Waals surface area (Å²) in [6.45, 7) is 3.23. The number of rotatable bonds is 10. The van der Waals surface area contributed by atoms with Crippen LogP contribution in [0.1, 0.15) is 24.6 Å². The Kier molecular flexibility index (Phi) is 7.81. The molecule has 1 aromatic heterocycles. The van der Waals surface area contributed by atoms with Crippen molar-refractivity contribution in [3.8, 4) is 5.75 Å². The van der Waals surface area contributed by atoms with E-state index < -0.39 is 5.91 Å². The molecule has 3 N–H and O–H groups in total. The number of ether oxygens (including phenoxy) is 1. The first kappa shape index (κ1) is 20.9. The van der Waals surface area contributed by atoms with Crippen LogP contribution < -0.4 is 15.8 Å². The standard InChI is InChI=1S/C18H21N3O4S2/c1-11(22)3-4-13-5-7-14(8-6-13)25-9-16(24)21-18-20-12(2)17(27-18)26-10-15(19)23/h5-8H,3-4,9-10H2,1-2H3,(H2,19,23)(H,20,21,24). The summed E-state index contributed by atoms with van der Waals surface area (Å²) in [4.78, 5) is 38.2. The smallest absolute Gasteiger partial charge is 0.264 e. The average Bonchev–Trinajstić information content (AvgIpc) is 2.96. The predicted octanol–water partition coefficient (Wildman–Crippen LogP) is 2.57. The lowest BCUT2D eigenvalue weighted by atomic mass is 10.1. The highest BCUT2D eigenvalue weighted by Crippen LogP contribution is 2.31. The van der Waals surface area contributed by atoms with Gasteiger partial charge < -0.3 is 15.3 Å². The minimum atomic E-state index is -0.404. The van der Waals surface area contributed by atoms with Crippen LogP contribution in [0.2, 0.25) is 0 Å². The van der Waals surface area contributed by atoms with Crippen LogP contribution in [0.5, 0.6) is 5.75 Å². The third-order valence-corrected chi connectivity index (χ3v) is 5.86. The maximum Gasteiger partial charge on any atom is 0.264 e. The molecule has 0 saturated carbocycles. The molecule has 27 heavy (non-hydrogen) atoms. The predicted molar refractivity (Wildman–Crippen MR) is 106 cm³/mol. The van der Waals surface area contributed by atoms with Gasteiger partial charge in [-0.2, -0.15) is 0 Å². The first-order valence-electron chi connectivity index (χ1n) is 8.23. The molecule has 7 nitrogen and oxygen atoms in total. The summed E-state index contributed by atoms with van der Waals surface area (Å²) in [6, 6.07) is 7.30. The Morgan fingerprint density at radius 3 is 2.59 bits per heavy atom. The van der Waals surface area contributed by atoms with Crippen LogP contribution in [-0.4, -0.2) is 34.9 Å². The average molecular weight is 408 g/mol. The zero-order valence-electron chi connectivity index (χ0n) is 15.1. The van der Waals surface area contributed by atoms with Gasteiger partial charge in [0.1, 0.15) is 11.5 Å². The summed E-state index contributed by atoms with van der Waals surface area (Å²) in [6.07, 6.45) is 1.20. The van der Waals surface area contributed by atoms with Gasteiger partial charge in [0.15, 0.2) is 11.7 Å². The number of hydrogen-bond acceptors (Lipinski definition) is 7. The van der Waals surface area contributed by atoms with Crippen molar-refractivity contribution in [2.24, 2.45) is 5.73 Å². The Morgan fingerprint density at radius 1 is 1.26 bits per heavy atom. The summed E-state index contributed by atoms with van der Waals surface area (Å²) in [5, 5.41) is 3.13. The van der Waals surface area contributed by atoms with E-state index in [2.05, 4.69) is 10.3 Å². The number of Topliss-reactive ketones (excluding diaryl/α,β-unsaturated/α-hetero) is 1. The van der Waals surface area contributed by atoms with Crippen molar-refractivity contribution in [3.05, 3.63) is 35.5 Å². The van der Waals surface area contributed by atoms with Gasteiger partial charge in [-0.25, -0.2) is 4.98 Å². The Morgan fingerprint density at radius 2 is 1.96 bits per heavy atom. The molecule has 0 atom stereocenters. The molecule has 144 valence electrons. The van der Waals surface area contributed by atoms with Gasteiger partial charge >= 0.3 is 0 Å². The zero-order valence-corrected chi connectivity index (χ0v) is 16.7. The highest BCUT2D eigenvalue weighted by Gasteiger charge is 2.12. The summed E-state index contributed by atoms with van der Waals surface area (Å²) in [7, 11) is 0. The third-order valence-electron chi connectivity index (χ3n) is 3.40. The molecule has 0 radical (unpaired) electrons. The molecule has 9 heteroatoms. The quantitative estimate of drug-likeness (QED) is 0.586. The van der Waals surface area contributed by atoms with Crippen LogP contribution in [0.15, 0.2) is 28.5 Å². The van der Waals surface area contributed by atoms with Gasteiger partial charge in [0.25, 0.3) is 5.91 Å². The number of benzene rings is 1. The number of carbonyl (C=O) groups excluding carboxylic acids is 3. The molecule has 0 spiro atoms. The number of nitrogens with two attached hydrogens (primary N) is 1. The van der Waals surface area contributed by atoms with Gasteiger partial charge in [-0.15, -0.1) is 11.8 Å². The fraction of sp³-hybridized carbons (Fsp3) is 0.333. The van der Waals surface area contributed by atoms with Crippen LogP contribution in [0.25, 0.3) is 0 Å². The van der Waals surface area contributed by atoms with E-state index in [-0.39, 0.29) is 24.1 Å². The van der Waals surface area contributed by atoms with Gasteiger partial charge in [0.2, 0.25) is 5.91 Å². The fourth-order valence-electron chi connectivity index (χ4n) is 2.08. The second-order valence-corrected chi connectivity index (χ2v) is 8.07. The Labute approximate surface area is 165 Å². The minimum Gasteiger partial charge on any atom is -0.484 e. The lowest BCUT2D eigenvalue weighted by molar-refractivity contribution is -0.118. The second kappa shape index (κ2) is 10.1. The van der Waals surface area contributed by atoms with E-state index in [0.717, 1.165) is 15.5 Å². The molecule has 0 aliphatic heterocycles. The van der Waals surface area contributed by atoms with E-state index in [4.69, 9.17) is 10.5 Å². The normalized spacial score (nSPS) is 10.4. The van der Waals surface area contributed by atoms with E-state index in [9.17, 15) is 14.4 Å². The number of primary amides is 1. The van der Waals surface area contributed by atoms with Gasteiger partial charge in [-0.05, 0) is 38.0 Å². The number of thioether (sulfide) groups is 1. The van der Waals surface area contributed by atoms with Crippen LogP contribution in [0, 0.1) is 6.92 Å². The number of carbonyl (C=O) groups is 3. The Hall–Kier alpha value is -2.39. The van der Waals surface area contributed by atoms with Crippen molar-refractivity contribution < 1.29 is 19.1 Å². The molecular formula is C18H21N3O4S2. The lowest BCUT2D eigenvalue weighted by Crippen LogP contribution is -2.20. The first-order chi connectivity index (χ1) is 12.8. The maximum absolute atomic E-state index is 12.0. The van der Waals surface area contributed by atoms with Crippen molar-refractivity contribution in [1.82, 2.24) is 4.98 Å². The minimum absolute atomic E-state index is 0.144. The van der Waals surface area contributed by atoms with Crippen LogP contribution in [0.4, 0.5) is 5.13 Å². The first-order valence-corrected chi connectivity index (χ1v) is 10.0. The molecule has 0 bridgehead atoms. The molecular weight excluding hydrogens is 386 g/mol. The van der Waals surface area contributed by atoms with Crippen LogP contribution >= 0.6 is 23.1 Å². The molecule has 0 aliphatic rings. The molecule has 0 aliphatic carbocycles. The number of hydrogen-bond donors (Lipinski definition) is 2. The summed E-state index contributed by atoms with van der Waals surface area (Å²) >= 11 is 2.59. The van der Waals surface area contributed by atoms with Crippen molar-refractivity contribution in [2.75, 3.05) is 17.7 Å². The van der Waals surface area contributed by atoms with Crippen LogP contribution in [-0.2, 0) is 20.8 Å². The van der Waals surface area contributed by atoms with Gasteiger partial charge in [-0.1, -0.05) is 23.5 Å². The summed E-state index contributed by atoms with van der Waals surface area (Å²) < 4.78 is 6.31. The largest absolute Gasteiger partial charge is 0.484 e. The van der Waals surface area contributed by atoms with Gasteiger partial charge in [-0.3, -0.25) is 14.9 Å². The van der Waals surface area contributed by atoms with Crippen molar-refractivity contribution in [3.63, 3.8) is 0 Å². The maximum atomic E-state index is 12.0. The Balaban J connectivity index is 1.81. The van der Waals surface area contributed by atoms with E-state index in [1.807, 2.05) is 12.1 Å². The SMILES string of the molecule is CC(=O)CCc1ccc(OCC(=O)Nc2nc(C)c(SCC(N)=O)s2)cc1. The monoisotopic (exact) mass is 407 g/mol. The summed E-state index contributed by atoms with van der Waals surface area (Å²) in [5.74, 6) is 0.169.